The molecule has 1 aliphatic rings. The highest BCUT2D eigenvalue weighted by Gasteiger charge is 2.25. The molecular formula is C15H23N3O. The summed E-state index contributed by atoms with van der Waals surface area (Å²) in [6.07, 6.45) is 2.50. The number of hydrazine groups is 1. The van der Waals surface area contributed by atoms with Gasteiger partial charge in [0, 0.05) is 13.1 Å². The first-order valence-corrected chi connectivity index (χ1v) is 6.98. The predicted octanol–water partition coefficient (Wildman–Crippen LogP) is 1.49. The highest BCUT2D eigenvalue weighted by atomic mass is 16.2. The summed E-state index contributed by atoms with van der Waals surface area (Å²) in [5, 5.41) is 0. The Morgan fingerprint density at radius 1 is 1.47 bits per heavy atom. The fourth-order valence-electron chi connectivity index (χ4n) is 2.84. The number of likely N-dealkylation sites (tertiary alicyclic amines) is 1. The van der Waals surface area contributed by atoms with Crippen molar-refractivity contribution in [2.24, 2.45) is 11.8 Å². The van der Waals surface area contributed by atoms with Crippen molar-refractivity contribution >= 4 is 5.91 Å². The maximum Gasteiger partial charge on any atom is 0.242 e. The smallest absolute Gasteiger partial charge is 0.242 e. The van der Waals surface area contributed by atoms with Gasteiger partial charge in [-0.15, -0.1) is 0 Å². The van der Waals surface area contributed by atoms with E-state index in [1.807, 2.05) is 30.3 Å². The minimum absolute atomic E-state index is 0.107. The number of carbonyl (C=O) groups excluding carboxylic acids is 1. The van der Waals surface area contributed by atoms with Gasteiger partial charge < -0.3 is 4.90 Å². The summed E-state index contributed by atoms with van der Waals surface area (Å²) in [4.78, 5) is 14.4. The first kappa shape index (κ1) is 14.0. The van der Waals surface area contributed by atoms with Crippen molar-refractivity contribution in [1.82, 2.24) is 10.3 Å². The Balaban J connectivity index is 2.08. The van der Waals surface area contributed by atoms with E-state index in [1.54, 1.807) is 0 Å². The normalized spacial score (nSPS) is 21.9. The maximum atomic E-state index is 12.0. The number of hydrogen-bond acceptors (Lipinski definition) is 3. The average Bonchev–Trinajstić information content (AvgIpc) is 2.45. The summed E-state index contributed by atoms with van der Waals surface area (Å²) in [6.45, 7) is 5.16. The molecule has 1 aromatic carbocycles. The van der Waals surface area contributed by atoms with Crippen LogP contribution >= 0.6 is 0 Å². The van der Waals surface area contributed by atoms with E-state index in [-0.39, 0.29) is 11.8 Å². The maximum absolute atomic E-state index is 12.0. The number of hydrogen-bond donors (Lipinski definition) is 2. The zero-order chi connectivity index (χ0) is 13.7. The van der Waals surface area contributed by atoms with Crippen molar-refractivity contribution < 1.29 is 4.79 Å². The van der Waals surface area contributed by atoms with Crippen molar-refractivity contribution in [2.75, 3.05) is 19.6 Å². The number of rotatable bonds is 4. The zero-order valence-electron chi connectivity index (χ0n) is 11.5. The fourth-order valence-corrected chi connectivity index (χ4v) is 2.84. The highest BCUT2D eigenvalue weighted by molar-refractivity contribution is 5.83. The Hall–Kier alpha value is -1.39. The van der Waals surface area contributed by atoms with Gasteiger partial charge in [-0.25, -0.2) is 5.84 Å². The van der Waals surface area contributed by atoms with Gasteiger partial charge in [-0.2, -0.15) is 0 Å². The van der Waals surface area contributed by atoms with Crippen LogP contribution < -0.4 is 11.3 Å². The summed E-state index contributed by atoms with van der Waals surface area (Å²) in [7, 11) is 0. The Kier molecular flexibility index (Phi) is 4.93. The van der Waals surface area contributed by atoms with E-state index in [9.17, 15) is 4.79 Å². The minimum Gasteiger partial charge on any atom is -0.302 e. The van der Waals surface area contributed by atoms with Crippen molar-refractivity contribution in [2.45, 2.75) is 25.7 Å². The molecule has 19 heavy (non-hydrogen) atoms. The summed E-state index contributed by atoms with van der Waals surface area (Å²) in [6, 6.07) is 9.88. The van der Waals surface area contributed by atoms with Crippen LogP contribution in [0.4, 0.5) is 0 Å². The summed E-state index contributed by atoms with van der Waals surface area (Å²) >= 11 is 0. The number of nitrogens with two attached hydrogens (primary N) is 1. The van der Waals surface area contributed by atoms with Gasteiger partial charge in [-0.05, 0) is 30.9 Å². The first-order valence-electron chi connectivity index (χ1n) is 6.98. The molecule has 0 bridgehead atoms. The van der Waals surface area contributed by atoms with E-state index >= 15 is 0 Å². The van der Waals surface area contributed by atoms with Gasteiger partial charge in [0.2, 0.25) is 5.91 Å². The lowest BCUT2D eigenvalue weighted by Crippen LogP contribution is -2.43. The zero-order valence-corrected chi connectivity index (χ0v) is 11.5. The first-order chi connectivity index (χ1) is 9.20. The van der Waals surface area contributed by atoms with Crippen LogP contribution in [0.15, 0.2) is 30.3 Å². The quantitative estimate of drug-likeness (QED) is 0.490. The van der Waals surface area contributed by atoms with Gasteiger partial charge in [0.1, 0.15) is 0 Å². The van der Waals surface area contributed by atoms with Gasteiger partial charge in [0.15, 0.2) is 0 Å². The lowest BCUT2D eigenvalue weighted by molar-refractivity contribution is -0.123. The summed E-state index contributed by atoms with van der Waals surface area (Å²) in [5.41, 5.74) is 3.33. The lowest BCUT2D eigenvalue weighted by atomic mass is 9.94. The number of nitrogens with zero attached hydrogens (tertiary/aromatic N) is 1. The van der Waals surface area contributed by atoms with Crippen LogP contribution in [-0.2, 0) is 4.79 Å². The molecule has 0 saturated carbocycles. The molecule has 2 unspecified atom stereocenters. The monoisotopic (exact) mass is 261 g/mol. The van der Waals surface area contributed by atoms with Crippen molar-refractivity contribution in [3.8, 4) is 0 Å². The van der Waals surface area contributed by atoms with E-state index in [4.69, 9.17) is 5.84 Å². The Morgan fingerprint density at radius 3 is 2.84 bits per heavy atom. The van der Waals surface area contributed by atoms with Gasteiger partial charge in [-0.1, -0.05) is 37.3 Å². The van der Waals surface area contributed by atoms with Gasteiger partial charge in [0.25, 0.3) is 0 Å². The number of amides is 1. The molecule has 1 aliphatic heterocycles. The summed E-state index contributed by atoms with van der Waals surface area (Å²) < 4.78 is 0. The molecule has 1 heterocycles. The van der Waals surface area contributed by atoms with E-state index in [2.05, 4.69) is 17.2 Å². The van der Waals surface area contributed by atoms with Crippen LogP contribution in [0.5, 0.6) is 0 Å². The standard InChI is InChI=1S/C15H23N3O/c1-12-6-5-9-18(10-12)11-14(15(19)17-16)13-7-3-2-4-8-13/h2-4,7-8,12,14H,5-6,9-11,16H2,1H3,(H,17,19). The minimum atomic E-state index is -0.184. The molecular weight excluding hydrogens is 238 g/mol. The van der Waals surface area contributed by atoms with Gasteiger partial charge in [0.05, 0.1) is 5.92 Å². The van der Waals surface area contributed by atoms with Crippen LogP contribution in [0.3, 0.4) is 0 Å². The van der Waals surface area contributed by atoms with E-state index < -0.39 is 0 Å². The second-order valence-corrected chi connectivity index (χ2v) is 5.48. The summed E-state index contributed by atoms with van der Waals surface area (Å²) in [5.74, 6) is 5.75. The average molecular weight is 261 g/mol. The Labute approximate surface area is 114 Å². The molecule has 2 atom stereocenters. The number of carbonyl (C=O) groups is 1. The largest absolute Gasteiger partial charge is 0.302 e. The van der Waals surface area contributed by atoms with Crippen molar-refractivity contribution in [3.63, 3.8) is 0 Å². The second kappa shape index (κ2) is 6.68. The molecule has 104 valence electrons. The highest BCUT2D eigenvalue weighted by Crippen LogP contribution is 2.21. The van der Waals surface area contributed by atoms with Crippen molar-refractivity contribution in [1.29, 1.82) is 0 Å². The molecule has 2 rings (SSSR count). The Bertz CT molecular complexity index is 407. The number of piperidine rings is 1. The third kappa shape index (κ3) is 3.78. The fraction of sp³-hybridized carbons (Fsp3) is 0.533. The van der Waals surface area contributed by atoms with Crippen LogP contribution in [-0.4, -0.2) is 30.4 Å². The molecule has 1 fully saturated rings. The SMILES string of the molecule is CC1CCCN(CC(C(=O)NN)c2ccccc2)C1. The number of benzene rings is 1. The predicted molar refractivity (Wildman–Crippen MR) is 76.4 cm³/mol. The molecule has 0 aliphatic carbocycles. The molecule has 0 aromatic heterocycles. The van der Waals surface area contributed by atoms with E-state index in [0.29, 0.717) is 5.92 Å². The Morgan fingerprint density at radius 2 is 2.21 bits per heavy atom. The molecule has 4 heteroatoms. The lowest BCUT2D eigenvalue weighted by Gasteiger charge is -2.33. The molecule has 1 saturated heterocycles. The third-order valence-corrected chi connectivity index (χ3v) is 3.84. The molecule has 1 amide bonds. The topological polar surface area (TPSA) is 58.4 Å². The second-order valence-electron chi connectivity index (χ2n) is 5.48. The van der Waals surface area contributed by atoms with Gasteiger partial charge >= 0.3 is 0 Å². The van der Waals surface area contributed by atoms with Crippen molar-refractivity contribution in [3.05, 3.63) is 35.9 Å². The van der Waals surface area contributed by atoms with Crippen LogP contribution in [0.25, 0.3) is 0 Å². The van der Waals surface area contributed by atoms with E-state index in [1.165, 1.54) is 12.8 Å². The van der Waals surface area contributed by atoms with Crippen LogP contribution in [0.1, 0.15) is 31.2 Å². The molecule has 4 nitrogen and oxygen atoms in total. The third-order valence-electron chi connectivity index (χ3n) is 3.84. The molecule has 3 N–H and O–H groups in total. The molecule has 0 spiro atoms. The van der Waals surface area contributed by atoms with Crippen LogP contribution in [0.2, 0.25) is 0 Å². The van der Waals surface area contributed by atoms with Gasteiger partial charge in [-0.3, -0.25) is 10.2 Å². The van der Waals surface area contributed by atoms with E-state index in [0.717, 1.165) is 25.2 Å². The van der Waals surface area contributed by atoms with Crippen LogP contribution in [0, 0.1) is 5.92 Å². The molecule has 1 aromatic rings. The molecule has 0 radical (unpaired) electrons. The number of nitrogens with one attached hydrogen (secondary N) is 1.